The molecule has 1 fully saturated rings. The van der Waals surface area contributed by atoms with Crippen molar-refractivity contribution in [2.24, 2.45) is 0 Å². The molecule has 1 aromatic rings. The summed E-state index contributed by atoms with van der Waals surface area (Å²) in [5, 5.41) is 9.15. The summed E-state index contributed by atoms with van der Waals surface area (Å²) in [6, 6.07) is 10.4. The molecule has 1 aliphatic carbocycles. The van der Waals surface area contributed by atoms with Crippen molar-refractivity contribution in [1.29, 1.82) is 0 Å². The summed E-state index contributed by atoms with van der Waals surface area (Å²) < 4.78 is 0. The predicted octanol–water partition coefficient (Wildman–Crippen LogP) is 2.04. The van der Waals surface area contributed by atoms with E-state index < -0.39 is 0 Å². The normalized spacial score (nSPS) is 16.1. The van der Waals surface area contributed by atoms with Gasteiger partial charge in [0.15, 0.2) is 5.78 Å². The number of hydrogen-bond acceptors (Lipinski definition) is 3. The molecule has 0 saturated heterocycles. The van der Waals surface area contributed by atoms with E-state index in [4.69, 9.17) is 5.11 Å². The van der Waals surface area contributed by atoms with Crippen LogP contribution in [0, 0.1) is 0 Å². The van der Waals surface area contributed by atoms with Gasteiger partial charge in [0.05, 0.1) is 13.2 Å². The van der Waals surface area contributed by atoms with E-state index in [2.05, 4.69) is 4.90 Å². The van der Waals surface area contributed by atoms with E-state index in [0.717, 1.165) is 5.56 Å². The highest BCUT2D eigenvalue weighted by molar-refractivity contribution is 5.82. The largest absolute Gasteiger partial charge is 0.395 e. The second-order valence-electron chi connectivity index (χ2n) is 5.33. The highest BCUT2D eigenvalue weighted by atomic mass is 16.3. The number of aliphatic hydroxyl groups is 1. The molecule has 0 spiro atoms. The van der Waals surface area contributed by atoms with Gasteiger partial charge in [-0.3, -0.25) is 9.69 Å². The molecule has 0 aliphatic heterocycles. The Kier molecular flexibility index (Phi) is 5.55. The number of benzene rings is 1. The molecule has 1 aliphatic rings. The van der Waals surface area contributed by atoms with Crippen molar-refractivity contribution in [3.8, 4) is 0 Å². The number of aliphatic hydroxyl groups excluding tert-OH is 1. The lowest BCUT2D eigenvalue weighted by Gasteiger charge is -2.27. The molecule has 0 aromatic heterocycles. The number of carbonyl (C=O) groups excluding carboxylic acids is 1. The van der Waals surface area contributed by atoms with Crippen LogP contribution >= 0.6 is 0 Å². The van der Waals surface area contributed by atoms with Crippen LogP contribution in [0.3, 0.4) is 0 Å². The molecule has 3 nitrogen and oxygen atoms in total. The average Bonchev–Trinajstić information content (AvgIpc) is 2.93. The van der Waals surface area contributed by atoms with Crippen LogP contribution in [0.25, 0.3) is 0 Å². The van der Waals surface area contributed by atoms with Gasteiger partial charge >= 0.3 is 0 Å². The van der Waals surface area contributed by atoms with Crippen LogP contribution in [0.5, 0.6) is 0 Å². The SMILES string of the molecule is O=C(Cc1ccccc1)CN(CCO)C1CCCC1. The minimum Gasteiger partial charge on any atom is -0.395 e. The zero-order valence-electron chi connectivity index (χ0n) is 11.4. The van der Waals surface area contributed by atoms with Crippen molar-refractivity contribution in [3.63, 3.8) is 0 Å². The van der Waals surface area contributed by atoms with Crippen LogP contribution < -0.4 is 0 Å². The first-order chi connectivity index (χ1) is 9.29. The molecule has 1 N–H and O–H groups in total. The third kappa shape index (κ3) is 4.44. The van der Waals surface area contributed by atoms with Gasteiger partial charge in [-0.25, -0.2) is 0 Å². The van der Waals surface area contributed by atoms with Gasteiger partial charge in [0.2, 0.25) is 0 Å². The highest BCUT2D eigenvalue weighted by Crippen LogP contribution is 2.23. The van der Waals surface area contributed by atoms with Gasteiger partial charge in [-0.15, -0.1) is 0 Å². The van der Waals surface area contributed by atoms with Gasteiger partial charge in [-0.1, -0.05) is 43.2 Å². The van der Waals surface area contributed by atoms with Crippen LogP contribution in [-0.4, -0.2) is 41.5 Å². The van der Waals surface area contributed by atoms with E-state index in [1.807, 2.05) is 30.3 Å². The first kappa shape index (κ1) is 14.2. The van der Waals surface area contributed by atoms with Crippen molar-refractivity contribution in [2.45, 2.75) is 38.1 Å². The second-order valence-corrected chi connectivity index (χ2v) is 5.33. The first-order valence-corrected chi connectivity index (χ1v) is 7.20. The van der Waals surface area contributed by atoms with Crippen molar-refractivity contribution >= 4 is 5.78 Å². The molecule has 19 heavy (non-hydrogen) atoms. The molecule has 0 amide bonds. The molecule has 0 atom stereocenters. The smallest absolute Gasteiger partial charge is 0.151 e. The maximum absolute atomic E-state index is 12.1. The third-order valence-corrected chi connectivity index (χ3v) is 3.85. The van der Waals surface area contributed by atoms with E-state index in [0.29, 0.717) is 25.6 Å². The molecular weight excluding hydrogens is 238 g/mol. The van der Waals surface area contributed by atoms with Crippen LogP contribution in [0.15, 0.2) is 30.3 Å². The lowest BCUT2D eigenvalue weighted by atomic mass is 10.1. The lowest BCUT2D eigenvalue weighted by molar-refractivity contribution is -0.120. The summed E-state index contributed by atoms with van der Waals surface area (Å²) in [5.74, 6) is 0.242. The maximum Gasteiger partial charge on any atom is 0.151 e. The standard InChI is InChI=1S/C16H23NO2/c18-11-10-17(15-8-4-5-9-15)13-16(19)12-14-6-2-1-3-7-14/h1-3,6-7,15,18H,4-5,8-13H2. The summed E-state index contributed by atoms with van der Waals surface area (Å²) in [5.41, 5.74) is 1.07. The molecular formula is C16H23NO2. The minimum absolute atomic E-state index is 0.134. The number of Topliss-reactive ketones (excluding diaryl/α,β-unsaturated/α-hetero) is 1. The van der Waals surface area contributed by atoms with Crippen molar-refractivity contribution in [3.05, 3.63) is 35.9 Å². The van der Waals surface area contributed by atoms with Gasteiger partial charge in [0.25, 0.3) is 0 Å². The fourth-order valence-electron chi connectivity index (χ4n) is 2.89. The molecule has 0 heterocycles. The predicted molar refractivity (Wildman–Crippen MR) is 76.1 cm³/mol. The van der Waals surface area contributed by atoms with Gasteiger partial charge in [-0.2, -0.15) is 0 Å². The van der Waals surface area contributed by atoms with Crippen molar-refractivity contribution in [2.75, 3.05) is 19.7 Å². The van der Waals surface area contributed by atoms with Crippen LogP contribution in [0.4, 0.5) is 0 Å². The molecule has 104 valence electrons. The Morgan fingerprint density at radius 3 is 2.53 bits per heavy atom. The molecule has 2 rings (SSSR count). The Morgan fingerprint density at radius 2 is 1.89 bits per heavy atom. The molecule has 3 heteroatoms. The maximum atomic E-state index is 12.1. The van der Waals surface area contributed by atoms with Gasteiger partial charge in [-0.05, 0) is 18.4 Å². The zero-order valence-corrected chi connectivity index (χ0v) is 11.4. The fourth-order valence-corrected chi connectivity index (χ4v) is 2.89. The third-order valence-electron chi connectivity index (χ3n) is 3.85. The molecule has 1 aromatic carbocycles. The summed E-state index contributed by atoms with van der Waals surface area (Å²) >= 11 is 0. The summed E-state index contributed by atoms with van der Waals surface area (Å²) in [6.07, 6.45) is 5.33. The number of rotatable bonds is 7. The molecule has 0 unspecified atom stereocenters. The van der Waals surface area contributed by atoms with E-state index >= 15 is 0 Å². The van der Waals surface area contributed by atoms with E-state index in [1.54, 1.807) is 0 Å². The van der Waals surface area contributed by atoms with Crippen LogP contribution in [-0.2, 0) is 11.2 Å². The zero-order chi connectivity index (χ0) is 13.5. The number of hydrogen-bond donors (Lipinski definition) is 1. The Bertz CT molecular complexity index is 385. The average molecular weight is 261 g/mol. The highest BCUT2D eigenvalue weighted by Gasteiger charge is 2.23. The van der Waals surface area contributed by atoms with Crippen LogP contribution in [0.2, 0.25) is 0 Å². The Morgan fingerprint density at radius 1 is 1.21 bits per heavy atom. The van der Waals surface area contributed by atoms with Crippen LogP contribution in [0.1, 0.15) is 31.2 Å². The minimum atomic E-state index is 0.134. The molecule has 0 bridgehead atoms. The monoisotopic (exact) mass is 261 g/mol. The van der Waals surface area contributed by atoms with E-state index in [9.17, 15) is 4.79 Å². The Labute approximate surface area is 115 Å². The van der Waals surface area contributed by atoms with Crippen molar-refractivity contribution < 1.29 is 9.90 Å². The van der Waals surface area contributed by atoms with Gasteiger partial charge in [0, 0.05) is 19.0 Å². The number of carbonyl (C=O) groups is 1. The number of nitrogens with zero attached hydrogens (tertiary/aromatic N) is 1. The fraction of sp³-hybridized carbons (Fsp3) is 0.562. The lowest BCUT2D eigenvalue weighted by Crippen LogP contribution is -2.39. The Balaban J connectivity index is 1.87. The summed E-state index contributed by atoms with van der Waals surface area (Å²) in [4.78, 5) is 14.3. The quantitative estimate of drug-likeness (QED) is 0.816. The topological polar surface area (TPSA) is 40.5 Å². The first-order valence-electron chi connectivity index (χ1n) is 7.20. The molecule has 1 saturated carbocycles. The molecule has 0 radical (unpaired) electrons. The number of ketones is 1. The van der Waals surface area contributed by atoms with Gasteiger partial charge in [0.1, 0.15) is 0 Å². The van der Waals surface area contributed by atoms with E-state index in [1.165, 1.54) is 25.7 Å². The summed E-state index contributed by atoms with van der Waals surface area (Å²) in [6.45, 7) is 1.22. The Hall–Kier alpha value is -1.19. The van der Waals surface area contributed by atoms with Gasteiger partial charge < -0.3 is 5.11 Å². The second kappa shape index (κ2) is 7.41. The van der Waals surface area contributed by atoms with Crippen molar-refractivity contribution in [1.82, 2.24) is 4.90 Å². The summed E-state index contributed by atoms with van der Waals surface area (Å²) in [7, 11) is 0. The van der Waals surface area contributed by atoms with E-state index in [-0.39, 0.29) is 12.4 Å².